The van der Waals surface area contributed by atoms with E-state index in [2.05, 4.69) is 45.3 Å². The van der Waals surface area contributed by atoms with Gasteiger partial charge in [-0.2, -0.15) is 0 Å². The van der Waals surface area contributed by atoms with Crippen LogP contribution in [0.4, 0.5) is 5.13 Å². The third-order valence-electron chi connectivity index (χ3n) is 5.07. The Hall–Kier alpha value is -4.07. The van der Waals surface area contributed by atoms with Crippen LogP contribution in [-0.4, -0.2) is 52.7 Å². The predicted octanol–water partition coefficient (Wildman–Crippen LogP) is 8.00. The number of aliphatic imine (C=N–C) groups is 1. The van der Waals surface area contributed by atoms with Gasteiger partial charge in [-0.05, 0) is 57.1 Å². The number of nitrogens with one attached hydrogen (secondary N) is 1. The van der Waals surface area contributed by atoms with Gasteiger partial charge in [0.15, 0.2) is 0 Å². The van der Waals surface area contributed by atoms with E-state index in [9.17, 15) is 4.79 Å². The quantitative estimate of drug-likeness (QED) is 0.0718. The Balaban J connectivity index is 0. The second-order valence-electron chi connectivity index (χ2n) is 8.48. The third-order valence-corrected chi connectivity index (χ3v) is 5.82. The molecule has 2 aromatic rings. The average Bonchev–Trinajstić information content (AvgIpc) is 3.49. The first-order chi connectivity index (χ1) is 21.3. The van der Waals surface area contributed by atoms with Gasteiger partial charge in [0.1, 0.15) is 5.75 Å². The maximum absolute atomic E-state index is 13.6. The summed E-state index contributed by atoms with van der Waals surface area (Å²) in [7, 11) is 1.59. The van der Waals surface area contributed by atoms with E-state index < -0.39 is 0 Å². The van der Waals surface area contributed by atoms with Crippen molar-refractivity contribution >= 4 is 34.2 Å². The van der Waals surface area contributed by atoms with Gasteiger partial charge in [0.25, 0.3) is 11.1 Å². The predicted molar refractivity (Wildman–Crippen MR) is 186 cm³/mol. The number of ether oxygens (including phenoxy) is 2. The van der Waals surface area contributed by atoms with Crippen LogP contribution < -0.4 is 14.8 Å². The molecule has 242 valence electrons. The van der Waals surface area contributed by atoms with E-state index in [1.165, 1.54) is 0 Å². The highest BCUT2D eigenvalue weighted by atomic mass is 32.1. The van der Waals surface area contributed by atoms with E-state index in [4.69, 9.17) is 14.6 Å². The van der Waals surface area contributed by atoms with E-state index in [1.54, 1.807) is 25.6 Å². The fourth-order valence-electron chi connectivity index (χ4n) is 3.24. The van der Waals surface area contributed by atoms with Gasteiger partial charge in [0, 0.05) is 29.5 Å². The molecule has 0 unspecified atom stereocenters. The molecule has 2 N–H and O–H groups in total. The summed E-state index contributed by atoms with van der Waals surface area (Å²) >= 11 is 1.14. The minimum atomic E-state index is -0.320. The maximum atomic E-state index is 13.6. The molecule has 44 heavy (non-hydrogen) atoms. The number of allylic oxidation sites excluding steroid dienone is 5. The zero-order valence-electron chi connectivity index (χ0n) is 28.1. The van der Waals surface area contributed by atoms with E-state index in [0.29, 0.717) is 40.4 Å². The number of anilines is 1. The second-order valence-corrected chi connectivity index (χ2v) is 9.42. The lowest BCUT2D eigenvalue weighted by atomic mass is 9.96. The van der Waals surface area contributed by atoms with E-state index in [-0.39, 0.29) is 12.5 Å². The number of terminal acetylenes is 1. The van der Waals surface area contributed by atoms with Crippen molar-refractivity contribution in [3.05, 3.63) is 64.7 Å². The fraction of sp³-hybridized carbons (Fsp3) is 0.441. The third kappa shape index (κ3) is 16.0. The van der Waals surface area contributed by atoms with Crippen LogP contribution in [0.15, 0.2) is 58.4 Å². The molecule has 0 atom stereocenters. The largest absolute Gasteiger partial charge is 0.494 e. The first kappa shape index (κ1) is 42.1. The van der Waals surface area contributed by atoms with Gasteiger partial charge in [-0.15, -0.1) is 17.9 Å². The first-order valence-corrected chi connectivity index (χ1v) is 15.6. The number of carbonyl (C=O) groups is 1. The van der Waals surface area contributed by atoms with Crippen LogP contribution in [0, 0.1) is 19.8 Å². The number of aliphatic hydroxyl groups is 1. The lowest BCUT2D eigenvalue weighted by Gasteiger charge is -2.14. The highest BCUT2D eigenvalue weighted by molar-refractivity contribution is 7.17. The number of rotatable bonds is 14. The monoisotopic (exact) mass is 625 g/mol. The van der Waals surface area contributed by atoms with Crippen LogP contribution in [0.5, 0.6) is 10.9 Å². The number of aliphatic hydroxyl groups excluding tert-OH is 1. The van der Waals surface area contributed by atoms with Crippen molar-refractivity contribution in [2.75, 3.05) is 25.6 Å². The SMILES string of the molecule is C#C.C/C=C(/CO)N=CCCOc1nnc(NC(=O)C(/C=C/CCC)=C(/C=C(C)C)c2cc(C)ncc2OC)s1.CC.CC. The van der Waals surface area contributed by atoms with Gasteiger partial charge in [-0.3, -0.25) is 20.1 Å². The van der Waals surface area contributed by atoms with Gasteiger partial charge in [-0.1, -0.05) is 76.0 Å². The summed E-state index contributed by atoms with van der Waals surface area (Å²) in [5.74, 6) is 0.257. The summed E-state index contributed by atoms with van der Waals surface area (Å²) in [6.45, 7) is 18.0. The summed E-state index contributed by atoms with van der Waals surface area (Å²) in [5, 5.41) is 20.7. The molecular weight excluding hydrogens is 574 g/mol. The highest BCUT2D eigenvalue weighted by Crippen LogP contribution is 2.32. The second kappa shape index (κ2) is 26.5. The molecule has 0 aromatic carbocycles. The Kier molecular flexibility index (Phi) is 25.4. The van der Waals surface area contributed by atoms with Crippen molar-refractivity contribution in [1.29, 1.82) is 0 Å². The average molecular weight is 626 g/mol. The Morgan fingerprint density at radius 2 is 1.84 bits per heavy atom. The van der Waals surface area contributed by atoms with Crippen LogP contribution in [0.1, 0.15) is 85.9 Å². The minimum Gasteiger partial charge on any atom is -0.494 e. The van der Waals surface area contributed by atoms with Crippen molar-refractivity contribution in [3.63, 3.8) is 0 Å². The molecule has 2 rings (SSSR count). The number of aromatic nitrogens is 3. The Morgan fingerprint density at radius 1 is 1.16 bits per heavy atom. The molecule has 0 radical (unpaired) electrons. The molecule has 9 nitrogen and oxygen atoms in total. The van der Waals surface area contributed by atoms with Crippen LogP contribution in [0.25, 0.3) is 5.57 Å². The molecule has 0 aliphatic carbocycles. The summed E-state index contributed by atoms with van der Waals surface area (Å²) < 4.78 is 11.2. The van der Waals surface area contributed by atoms with Crippen LogP contribution in [-0.2, 0) is 4.79 Å². The molecule has 0 aliphatic heterocycles. The number of aryl methyl sites for hydroxylation is 1. The molecule has 0 spiro atoms. The molecule has 10 heteroatoms. The van der Waals surface area contributed by atoms with Crippen molar-refractivity contribution in [1.82, 2.24) is 15.2 Å². The van der Waals surface area contributed by atoms with Crippen molar-refractivity contribution in [3.8, 4) is 23.8 Å². The summed E-state index contributed by atoms with van der Waals surface area (Å²) in [6.07, 6.45) is 21.2. The fourth-order valence-corrected chi connectivity index (χ4v) is 3.85. The number of hydrogen-bond donors (Lipinski definition) is 2. The summed E-state index contributed by atoms with van der Waals surface area (Å²) in [4.78, 5) is 22.1. The molecule has 2 aromatic heterocycles. The van der Waals surface area contributed by atoms with Gasteiger partial charge >= 0.3 is 0 Å². The zero-order valence-corrected chi connectivity index (χ0v) is 28.9. The molecule has 1 amide bonds. The number of carbonyl (C=O) groups excluding carboxylic acids is 1. The van der Waals surface area contributed by atoms with Gasteiger partial charge < -0.3 is 14.6 Å². The van der Waals surface area contributed by atoms with Crippen LogP contribution in [0.2, 0.25) is 0 Å². The Labute approximate surface area is 268 Å². The Bertz CT molecular complexity index is 1270. The molecule has 0 bridgehead atoms. The summed E-state index contributed by atoms with van der Waals surface area (Å²) in [5.41, 5.74) is 4.41. The first-order valence-electron chi connectivity index (χ1n) is 14.8. The number of amides is 1. The molecule has 0 fully saturated rings. The number of nitrogens with zero attached hydrogens (tertiary/aromatic N) is 4. The normalized spacial score (nSPS) is 11.2. The van der Waals surface area contributed by atoms with Crippen LogP contribution in [0.3, 0.4) is 0 Å². The van der Waals surface area contributed by atoms with Gasteiger partial charge in [0.2, 0.25) is 5.13 Å². The number of hydrogen-bond acceptors (Lipinski definition) is 9. The maximum Gasteiger partial charge on any atom is 0.295 e. The standard InChI is InChI=1S/C28H37N5O4S.2C2H6.C2H2/c1-7-9-10-12-22(23(15-19(3)4)24-16-20(5)30-17-25(24)36-6)26(35)31-27-32-33-28(38-27)37-14-11-13-29-21(8-2)18-34;3*1-2/h8,10,12-13,15-17,34H,7,9,11,14,18H2,1-6H3,(H,31,32,35);2*1-2H3;1-2H/b12-10+,21-8-,23-22-,29-13?;;;. The van der Waals surface area contributed by atoms with Crippen molar-refractivity contribution < 1.29 is 19.4 Å². The van der Waals surface area contributed by atoms with Crippen molar-refractivity contribution in [2.45, 2.75) is 81.6 Å². The molecule has 2 heterocycles. The van der Waals surface area contributed by atoms with E-state index in [1.807, 2.05) is 79.7 Å². The van der Waals surface area contributed by atoms with Crippen LogP contribution >= 0.6 is 11.3 Å². The van der Waals surface area contributed by atoms with Crippen molar-refractivity contribution in [2.24, 2.45) is 4.99 Å². The van der Waals surface area contributed by atoms with E-state index in [0.717, 1.165) is 46.6 Å². The topological polar surface area (TPSA) is 119 Å². The Morgan fingerprint density at radius 3 is 2.41 bits per heavy atom. The molecule has 0 aliphatic rings. The smallest absolute Gasteiger partial charge is 0.295 e. The van der Waals surface area contributed by atoms with Gasteiger partial charge in [0.05, 0.1) is 32.2 Å². The number of pyridine rings is 1. The molecule has 0 saturated carbocycles. The van der Waals surface area contributed by atoms with Gasteiger partial charge in [-0.25, -0.2) is 0 Å². The zero-order chi connectivity index (χ0) is 33.9. The minimum absolute atomic E-state index is 0.111. The molecular formula is C34H51N5O4S. The highest BCUT2D eigenvalue weighted by Gasteiger charge is 2.19. The number of methoxy groups -OCH3 is 1. The van der Waals surface area contributed by atoms with E-state index >= 15 is 0 Å². The lowest BCUT2D eigenvalue weighted by molar-refractivity contribution is -0.112. The lowest BCUT2D eigenvalue weighted by Crippen LogP contribution is -2.15. The molecule has 0 saturated heterocycles. The summed E-state index contributed by atoms with van der Waals surface area (Å²) in [6, 6.07) is 1.91. The number of unbranched alkanes of at least 4 members (excludes halogenated alkanes) is 1.